The molecule has 1 saturated heterocycles. The first kappa shape index (κ1) is 18.3. The third kappa shape index (κ3) is 5.50. The molecule has 1 atom stereocenters. The van der Waals surface area contributed by atoms with Gasteiger partial charge >= 0.3 is 0 Å². The maximum absolute atomic E-state index is 12.8. The van der Waals surface area contributed by atoms with Gasteiger partial charge in [0.05, 0.1) is 0 Å². The molecule has 4 heteroatoms. The Morgan fingerprint density at radius 2 is 2.00 bits per heavy atom. The van der Waals surface area contributed by atoms with E-state index in [1.807, 2.05) is 29.2 Å². The zero-order chi connectivity index (χ0) is 16.8. The molecule has 3 nitrogen and oxygen atoms in total. The van der Waals surface area contributed by atoms with E-state index in [0.717, 1.165) is 23.7 Å². The lowest BCUT2D eigenvalue weighted by molar-refractivity contribution is -0.135. The van der Waals surface area contributed by atoms with Gasteiger partial charge in [-0.15, -0.1) is 0 Å². The summed E-state index contributed by atoms with van der Waals surface area (Å²) in [5.74, 6) is 1.37. The van der Waals surface area contributed by atoms with Gasteiger partial charge in [-0.25, -0.2) is 0 Å². The van der Waals surface area contributed by atoms with Gasteiger partial charge in [0.15, 0.2) is 0 Å². The molecule has 1 aromatic rings. The van der Waals surface area contributed by atoms with Crippen LogP contribution in [0, 0.1) is 11.8 Å². The normalized spacial score (nSPS) is 17.3. The van der Waals surface area contributed by atoms with Crippen LogP contribution in [0.3, 0.4) is 0 Å². The Morgan fingerprint density at radius 3 is 2.61 bits per heavy atom. The second kappa shape index (κ2) is 8.70. The van der Waals surface area contributed by atoms with Crippen molar-refractivity contribution < 1.29 is 4.79 Å². The molecule has 23 heavy (non-hydrogen) atoms. The van der Waals surface area contributed by atoms with E-state index in [-0.39, 0.29) is 11.9 Å². The number of nitrogens with one attached hydrogen (secondary N) is 1. The third-order valence-electron chi connectivity index (χ3n) is 4.87. The van der Waals surface area contributed by atoms with Crippen LogP contribution in [-0.2, 0) is 11.3 Å². The van der Waals surface area contributed by atoms with Crippen LogP contribution < -0.4 is 5.32 Å². The van der Waals surface area contributed by atoms with Crippen molar-refractivity contribution >= 4 is 17.5 Å². The van der Waals surface area contributed by atoms with Crippen molar-refractivity contribution in [2.24, 2.45) is 11.8 Å². The highest BCUT2D eigenvalue weighted by Crippen LogP contribution is 2.26. The summed E-state index contributed by atoms with van der Waals surface area (Å²) < 4.78 is 0. The summed E-state index contributed by atoms with van der Waals surface area (Å²) >= 11 is 6.06. The van der Waals surface area contributed by atoms with E-state index in [1.54, 1.807) is 0 Å². The number of hydrogen-bond donors (Lipinski definition) is 1. The molecule has 1 aromatic carbocycles. The van der Waals surface area contributed by atoms with E-state index >= 15 is 0 Å². The molecular weight excluding hydrogens is 308 g/mol. The van der Waals surface area contributed by atoms with Crippen LogP contribution in [0.2, 0.25) is 5.02 Å². The Labute approximate surface area is 145 Å². The number of amides is 1. The minimum atomic E-state index is 0.196. The highest BCUT2D eigenvalue weighted by atomic mass is 35.5. The van der Waals surface area contributed by atoms with Crippen LogP contribution in [0.15, 0.2) is 24.3 Å². The van der Waals surface area contributed by atoms with Crippen molar-refractivity contribution in [1.29, 1.82) is 0 Å². The molecule has 1 N–H and O–H groups in total. The first-order valence-electron chi connectivity index (χ1n) is 8.72. The van der Waals surface area contributed by atoms with E-state index in [0.29, 0.717) is 24.8 Å². The Bertz CT molecular complexity index is 512. The summed E-state index contributed by atoms with van der Waals surface area (Å²) in [7, 11) is 0. The Balaban J connectivity index is 1.97. The summed E-state index contributed by atoms with van der Waals surface area (Å²) in [4.78, 5) is 14.8. The lowest BCUT2D eigenvalue weighted by atomic mass is 9.84. The number of halogens is 1. The van der Waals surface area contributed by atoms with Crippen LogP contribution in [0.1, 0.15) is 45.6 Å². The number of benzene rings is 1. The van der Waals surface area contributed by atoms with Crippen LogP contribution in [0.25, 0.3) is 0 Å². The van der Waals surface area contributed by atoms with Gasteiger partial charge in [-0.3, -0.25) is 4.79 Å². The molecule has 2 rings (SSSR count). The van der Waals surface area contributed by atoms with Gasteiger partial charge in [0.25, 0.3) is 0 Å². The van der Waals surface area contributed by atoms with Crippen molar-refractivity contribution in [3.05, 3.63) is 34.9 Å². The largest absolute Gasteiger partial charge is 0.336 e. The molecule has 0 spiro atoms. The van der Waals surface area contributed by atoms with Crippen molar-refractivity contribution in [2.75, 3.05) is 13.1 Å². The molecule has 0 aromatic heterocycles. The number of carbonyl (C=O) groups excluding carboxylic acids is 1. The highest BCUT2D eigenvalue weighted by molar-refractivity contribution is 6.30. The predicted octanol–water partition coefficient (Wildman–Crippen LogP) is 4.10. The molecular formula is C19H29ClN2O. The van der Waals surface area contributed by atoms with Crippen LogP contribution >= 0.6 is 11.6 Å². The van der Waals surface area contributed by atoms with Crippen LogP contribution in [0.5, 0.6) is 0 Å². The number of hydrogen-bond acceptors (Lipinski definition) is 2. The minimum absolute atomic E-state index is 0.196. The maximum Gasteiger partial charge on any atom is 0.223 e. The average molecular weight is 337 g/mol. The second-order valence-corrected chi connectivity index (χ2v) is 7.45. The van der Waals surface area contributed by atoms with Crippen molar-refractivity contribution in [2.45, 2.75) is 52.6 Å². The van der Waals surface area contributed by atoms with E-state index in [4.69, 9.17) is 11.6 Å². The smallest absolute Gasteiger partial charge is 0.223 e. The third-order valence-corrected chi connectivity index (χ3v) is 5.11. The quantitative estimate of drug-likeness (QED) is 0.848. The predicted molar refractivity (Wildman–Crippen MR) is 96.5 cm³/mol. The first-order valence-corrected chi connectivity index (χ1v) is 9.09. The SMILES string of the molecule is CC(CC(=O)N(Cc1cccc(Cl)c1)C(C)C)C1CCNCC1. The summed E-state index contributed by atoms with van der Waals surface area (Å²) in [5, 5.41) is 4.12. The molecule has 1 fully saturated rings. The highest BCUT2D eigenvalue weighted by Gasteiger charge is 2.25. The van der Waals surface area contributed by atoms with Gasteiger partial charge < -0.3 is 10.2 Å². The van der Waals surface area contributed by atoms with Crippen molar-refractivity contribution in [3.8, 4) is 0 Å². The molecule has 1 aliphatic heterocycles. The van der Waals surface area contributed by atoms with E-state index in [1.165, 1.54) is 12.8 Å². The van der Waals surface area contributed by atoms with Crippen LogP contribution in [-0.4, -0.2) is 29.9 Å². The lowest BCUT2D eigenvalue weighted by Crippen LogP contribution is -2.39. The number of piperidine rings is 1. The summed E-state index contributed by atoms with van der Waals surface area (Å²) in [6.07, 6.45) is 3.01. The molecule has 0 saturated carbocycles. The topological polar surface area (TPSA) is 32.3 Å². The van der Waals surface area contributed by atoms with Gasteiger partial charge in [0, 0.05) is 24.0 Å². The summed E-state index contributed by atoms with van der Waals surface area (Å²) in [6.45, 7) is 9.19. The van der Waals surface area contributed by atoms with E-state index in [2.05, 4.69) is 26.1 Å². The van der Waals surface area contributed by atoms with E-state index in [9.17, 15) is 4.79 Å². The van der Waals surface area contributed by atoms with Gasteiger partial charge in [-0.05, 0) is 69.3 Å². The maximum atomic E-state index is 12.8. The lowest BCUT2D eigenvalue weighted by Gasteiger charge is -2.32. The fourth-order valence-corrected chi connectivity index (χ4v) is 3.58. The molecule has 0 bridgehead atoms. The molecule has 128 valence electrons. The number of rotatable bonds is 6. The standard InChI is InChI=1S/C19H29ClN2O/c1-14(2)22(13-16-5-4-6-18(20)12-16)19(23)11-15(3)17-7-9-21-10-8-17/h4-6,12,14-15,17,21H,7-11,13H2,1-3H3. The Hall–Kier alpha value is -1.06. The monoisotopic (exact) mass is 336 g/mol. The van der Waals surface area contributed by atoms with Gasteiger partial charge in [0.2, 0.25) is 5.91 Å². The summed E-state index contributed by atoms with van der Waals surface area (Å²) in [6, 6.07) is 7.98. The first-order chi connectivity index (χ1) is 11.0. The molecule has 0 aliphatic carbocycles. The molecule has 1 aliphatic rings. The molecule has 1 unspecified atom stereocenters. The molecule has 1 amide bonds. The van der Waals surface area contributed by atoms with Gasteiger partial charge in [-0.2, -0.15) is 0 Å². The fraction of sp³-hybridized carbons (Fsp3) is 0.632. The number of carbonyl (C=O) groups is 1. The van der Waals surface area contributed by atoms with E-state index < -0.39 is 0 Å². The second-order valence-electron chi connectivity index (χ2n) is 7.01. The van der Waals surface area contributed by atoms with Crippen molar-refractivity contribution in [1.82, 2.24) is 10.2 Å². The Morgan fingerprint density at radius 1 is 1.30 bits per heavy atom. The summed E-state index contributed by atoms with van der Waals surface area (Å²) in [5.41, 5.74) is 1.09. The zero-order valence-electron chi connectivity index (χ0n) is 14.5. The van der Waals surface area contributed by atoms with Crippen LogP contribution in [0.4, 0.5) is 0 Å². The zero-order valence-corrected chi connectivity index (χ0v) is 15.3. The minimum Gasteiger partial charge on any atom is -0.336 e. The fourth-order valence-electron chi connectivity index (χ4n) is 3.36. The Kier molecular flexibility index (Phi) is 6.91. The van der Waals surface area contributed by atoms with Gasteiger partial charge in [-0.1, -0.05) is 30.7 Å². The number of nitrogens with zero attached hydrogens (tertiary/aromatic N) is 1. The van der Waals surface area contributed by atoms with Gasteiger partial charge in [0.1, 0.15) is 0 Å². The molecule has 1 heterocycles. The molecule has 0 radical (unpaired) electrons. The average Bonchev–Trinajstić information content (AvgIpc) is 2.53. The van der Waals surface area contributed by atoms with Crippen molar-refractivity contribution in [3.63, 3.8) is 0 Å².